The van der Waals surface area contributed by atoms with Crippen molar-refractivity contribution in [3.63, 3.8) is 0 Å². The number of hydrogen-bond acceptors (Lipinski definition) is 7. The molecule has 7 nitrogen and oxygen atoms in total. The first-order chi connectivity index (χ1) is 11.9. The average molecular weight is 341 g/mol. The van der Waals surface area contributed by atoms with E-state index in [9.17, 15) is 0 Å². The van der Waals surface area contributed by atoms with Gasteiger partial charge in [-0.2, -0.15) is 0 Å². The van der Waals surface area contributed by atoms with Gasteiger partial charge in [-0.1, -0.05) is 30.3 Å². The van der Waals surface area contributed by atoms with E-state index in [2.05, 4.69) is 9.88 Å². The molecule has 1 aromatic rings. The maximum absolute atomic E-state index is 8.07. The van der Waals surface area contributed by atoms with Crippen LogP contribution in [0.2, 0.25) is 0 Å². The first-order valence-electron chi connectivity index (χ1n) is 8.05. The quantitative estimate of drug-likeness (QED) is 0.213. The summed E-state index contributed by atoms with van der Waals surface area (Å²) in [7, 11) is 0. The summed E-state index contributed by atoms with van der Waals surface area (Å²) in [4.78, 5) is 8.16. The third kappa shape index (κ3) is 13.1. The zero-order chi connectivity index (χ0) is 17.1. The van der Waals surface area contributed by atoms with Crippen LogP contribution >= 0.6 is 0 Å². The lowest BCUT2D eigenvalue weighted by Gasteiger charge is -2.06. The highest BCUT2D eigenvalue weighted by Gasteiger charge is 1.93. The summed E-state index contributed by atoms with van der Waals surface area (Å²) >= 11 is 0. The molecule has 0 amide bonds. The summed E-state index contributed by atoms with van der Waals surface area (Å²) in [5.41, 5.74) is 1.09. The van der Waals surface area contributed by atoms with Crippen LogP contribution in [0.5, 0.6) is 0 Å². The van der Waals surface area contributed by atoms with Gasteiger partial charge in [0.15, 0.2) is 0 Å². The van der Waals surface area contributed by atoms with Crippen LogP contribution in [-0.4, -0.2) is 77.5 Å². The molecule has 0 bridgehead atoms. The van der Waals surface area contributed by atoms with Crippen LogP contribution < -0.4 is 0 Å². The highest BCUT2D eigenvalue weighted by molar-refractivity contribution is 5.79. The van der Waals surface area contributed by atoms with E-state index in [4.69, 9.17) is 24.2 Å². The highest BCUT2D eigenvalue weighted by atomic mass is 17.1. The molecular formula is C17H27NO6. The molecule has 0 aromatic heterocycles. The molecule has 0 heterocycles. The second-order valence-corrected chi connectivity index (χ2v) is 4.73. The molecule has 136 valence electrons. The van der Waals surface area contributed by atoms with Gasteiger partial charge in [0.25, 0.3) is 0 Å². The number of benzene rings is 1. The van der Waals surface area contributed by atoms with Crippen LogP contribution in [0.3, 0.4) is 0 Å². The maximum Gasteiger partial charge on any atom is 0.105 e. The smallest absolute Gasteiger partial charge is 0.105 e. The van der Waals surface area contributed by atoms with Gasteiger partial charge in [0.05, 0.1) is 59.4 Å². The van der Waals surface area contributed by atoms with E-state index < -0.39 is 0 Å². The van der Waals surface area contributed by atoms with Crippen molar-refractivity contribution in [1.82, 2.24) is 0 Å². The molecule has 1 aromatic carbocycles. The van der Waals surface area contributed by atoms with Gasteiger partial charge in [0.2, 0.25) is 0 Å². The molecule has 0 radical (unpaired) electrons. The Kier molecular flexibility index (Phi) is 14.2. The van der Waals surface area contributed by atoms with E-state index in [-0.39, 0.29) is 6.61 Å². The summed E-state index contributed by atoms with van der Waals surface area (Å²) in [5.74, 6) is 0. The fraction of sp³-hybridized carbons (Fsp3) is 0.588. The van der Waals surface area contributed by atoms with Gasteiger partial charge in [0.1, 0.15) is 6.61 Å². The molecule has 0 unspecified atom stereocenters. The Hall–Kier alpha value is -1.35. The number of hydrogen-bond donors (Lipinski definition) is 1. The van der Waals surface area contributed by atoms with Gasteiger partial charge in [-0.25, -0.2) is 4.89 Å². The Morgan fingerprint density at radius 3 is 1.75 bits per heavy atom. The minimum absolute atomic E-state index is 0.167. The molecule has 0 spiro atoms. The summed E-state index contributed by atoms with van der Waals surface area (Å²) in [5, 5.41) is 8.07. The van der Waals surface area contributed by atoms with Crippen molar-refractivity contribution in [2.75, 3.05) is 66.0 Å². The predicted octanol–water partition coefficient (Wildman–Crippen LogP) is 1.66. The van der Waals surface area contributed by atoms with Crippen molar-refractivity contribution in [1.29, 1.82) is 0 Å². The van der Waals surface area contributed by atoms with Crippen LogP contribution in [0.4, 0.5) is 0 Å². The highest BCUT2D eigenvalue weighted by Crippen LogP contribution is 1.93. The molecule has 1 rings (SSSR count). The Morgan fingerprint density at radius 2 is 1.21 bits per heavy atom. The molecule has 7 heteroatoms. The van der Waals surface area contributed by atoms with Gasteiger partial charge in [-0.3, -0.25) is 10.2 Å². The number of rotatable bonds is 16. The first-order valence-corrected chi connectivity index (χ1v) is 8.05. The Labute approximate surface area is 143 Å². The monoisotopic (exact) mass is 341 g/mol. The van der Waals surface area contributed by atoms with Crippen molar-refractivity contribution in [2.45, 2.75) is 0 Å². The molecular weight excluding hydrogens is 314 g/mol. The minimum atomic E-state index is 0.167. The number of ether oxygens (including phenoxy) is 4. The van der Waals surface area contributed by atoms with Gasteiger partial charge >= 0.3 is 0 Å². The second-order valence-electron chi connectivity index (χ2n) is 4.73. The van der Waals surface area contributed by atoms with Gasteiger partial charge < -0.3 is 18.9 Å². The lowest BCUT2D eigenvalue weighted by molar-refractivity contribution is -0.249. The SMILES string of the molecule is OOCCOCCOCCOCCOCCN=Cc1ccccc1. The normalized spacial score (nSPS) is 11.4. The van der Waals surface area contributed by atoms with Crippen LogP contribution in [-0.2, 0) is 23.8 Å². The molecule has 0 aliphatic carbocycles. The van der Waals surface area contributed by atoms with E-state index in [1.807, 2.05) is 36.5 Å². The molecule has 0 aliphatic rings. The Balaban J connectivity index is 1.75. The molecule has 0 saturated carbocycles. The topological polar surface area (TPSA) is 78.7 Å². The van der Waals surface area contributed by atoms with Gasteiger partial charge in [-0.05, 0) is 5.56 Å². The molecule has 0 saturated heterocycles. The molecule has 0 aliphatic heterocycles. The summed E-state index contributed by atoms with van der Waals surface area (Å²) in [6, 6.07) is 9.97. The van der Waals surface area contributed by atoms with Crippen molar-refractivity contribution in [3.05, 3.63) is 35.9 Å². The summed E-state index contributed by atoms with van der Waals surface area (Å²) < 4.78 is 21.2. The zero-order valence-electron chi connectivity index (χ0n) is 14.0. The Bertz CT molecular complexity index is 401. The molecule has 1 N–H and O–H groups in total. The average Bonchev–Trinajstić information content (AvgIpc) is 2.62. The van der Waals surface area contributed by atoms with E-state index >= 15 is 0 Å². The maximum atomic E-state index is 8.07. The van der Waals surface area contributed by atoms with Gasteiger partial charge in [0, 0.05) is 6.21 Å². The largest absolute Gasteiger partial charge is 0.377 e. The lowest BCUT2D eigenvalue weighted by atomic mass is 10.2. The van der Waals surface area contributed by atoms with Crippen LogP contribution in [0, 0.1) is 0 Å². The molecule has 0 atom stereocenters. The first kappa shape index (κ1) is 20.7. The van der Waals surface area contributed by atoms with Crippen LogP contribution in [0.1, 0.15) is 5.56 Å². The van der Waals surface area contributed by atoms with Crippen molar-refractivity contribution in [2.24, 2.45) is 4.99 Å². The van der Waals surface area contributed by atoms with Crippen LogP contribution in [0.15, 0.2) is 35.3 Å². The number of nitrogens with zero attached hydrogens (tertiary/aromatic N) is 1. The van der Waals surface area contributed by atoms with E-state index in [1.54, 1.807) is 0 Å². The van der Waals surface area contributed by atoms with Crippen molar-refractivity contribution in [3.8, 4) is 0 Å². The van der Waals surface area contributed by atoms with Gasteiger partial charge in [-0.15, -0.1) is 0 Å². The third-order valence-corrected chi connectivity index (χ3v) is 2.84. The van der Waals surface area contributed by atoms with Crippen LogP contribution in [0.25, 0.3) is 0 Å². The fourth-order valence-electron chi connectivity index (χ4n) is 1.68. The lowest BCUT2D eigenvalue weighted by Crippen LogP contribution is -2.13. The van der Waals surface area contributed by atoms with E-state index in [0.29, 0.717) is 59.4 Å². The van der Waals surface area contributed by atoms with Crippen molar-refractivity contribution >= 4 is 6.21 Å². The van der Waals surface area contributed by atoms with E-state index in [1.165, 1.54) is 0 Å². The zero-order valence-corrected chi connectivity index (χ0v) is 14.0. The van der Waals surface area contributed by atoms with Crippen molar-refractivity contribution < 1.29 is 29.1 Å². The summed E-state index contributed by atoms with van der Waals surface area (Å²) in [6.45, 7) is 4.82. The minimum Gasteiger partial charge on any atom is -0.377 e. The molecule has 0 fully saturated rings. The second kappa shape index (κ2) is 16.5. The van der Waals surface area contributed by atoms with E-state index in [0.717, 1.165) is 5.56 Å². The standard InChI is InChI=1S/C17H27NO6/c19-24-15-14-23-13-12-22-11-10-21-9-8-20-7-6-18-16-17-4-2-1-3-5-17/h1-5,16,19H,6-15H2. The Morgan fingerprint density at radius 1 is 0.708 bits per heavy atom. The predicted molar refractivity (Wildman–Crippen MR) is 90.8 cm³/mol. The fourth-order valence-corrected chi connectivity index (χ4v) is 1.68. The summed E-state index contributed by atoms with van der Waals surface area (Å²) in [6.07, 6.45) is 1.84. The molecule has 24 heavy (non-hydrogen) atoms. The third-order valence-electron chi connectivity index (χ3n) is 2.84. The number of aliphatic imine (C=N–C) groups is 1.